The predicted octanol–water partition coefficient (Wildman–Crippen LogP) is 1.73. The lowest BCUT2D eigenvalue weighted by molar-refractivity contribution is 0.102. The van der Waals surface area contributed by atoms with Crippen molar-refractivity contribution in [3.63, 3.8) is 0 Å². The first-order chi connectivity index (χ1) is 11.1. The van der Waals surface area contributed by atoms with Gasteiger partial charge in [0, 0.05) is 0 Å². The van der Waals surface area contributed by atoms with Gasteiger partial charge in [0.15, 0.2) is 29.0 Å². The van der Waals surface area contributed by atoms with Gasteiger partial charge in [-0.2, -0.15) is 5.10 Å². The van der Waals surface area contributed by atoms with Crippen LogP contribution in [0.5, 0.6) is 0 Å². The molecule has 10 heteroatoms. The molecule has 0 saturated heterocycles. The van der Waals surface area contributed by atoms with E-state index in [2.05, 4.69) is 25.6 Å². The maximum Gasteiger partial charge on any atom is 0.276 e. The SMILES string of the molecule is O=C(Nc1ccc(F)c(F)c1F)c1ccc(-n2cncn2)nn1. The summed E-state index contributed by atoms with van der Waals surface area (Å²) >= 11 is 0. The number of nitrogens with one attached hydrogen (secondary N) is 1. The number of aromatic nitrogens is 5. The van der Waals surface area contributed by atoms with Gasteiger partial charge in [-0.25, -0.2) is 22.8 Å². The number of nitrogens with zero attached hydrogens (tertiary/aromatic N) is 5. The lowest BCUT2D eigenvalue weighted by Crippen LogP contribution is -2.16. The molecule has 0 aliphatic rings. The van der Waals surface area contributed by atoms with Gasteiger partial charge in [0.25, 0.3) is 5.91 Å². The summed E-state index contributed by atoms with van der Waals surface area (Å²) in [6, 6.07) is 4.37. The highest BCUT2D eigenvalue weighted by molar-refractivity contribution is 6.02. The van der Waals surface area contributed by atoms with Crippen molar-refractivity contribution in [2.24, 2.45) is 0 Å². The number of carbonyl (C=O) groups is 1. The number of benzene rings is 1. The van der Waals surface area contributed by atoms with Gasteiger partial charge in [-0.05, 0) is 24.3 Å². The van der Waals surface area contributed by atoms with Gasteiger partial charge >= 0.3 is 0 Å². The molecule has 23 heavy (non-hydrogen) atoms. The van der Waals surface area contributed by atoms with E-state index < -0.39 is 29.0 Å². The molecule has 0 aliphatic heterocycles. The molecule has 116 valence electrons. The third-order valence-corrected chi connectivity index (χ3v) is 2.82. The fraction of sp³-hybridized carbons (Fsp3) is 0. The van der Waals surface area contributed by atoms with Crippen molar-refractivity contribution in [3.8, 4) is 5.82 Å². The normalized spacial score (nSPS) is 10.6. The highest BCUT2D eigenvalue weighted by atomic mass is 19.2. The Hall–Kier alpha value is -3.30. The summed E-state index contributed by atoms with van der Waals surface area (Å²) < 4.78 is 40.8. The molecule has 2 heterocycles. The fourth-order valence-corrected chi connectivity index (χ4v) is 1.70. The van der Waals surface area contributed by atoms with E-state index in [0.29, 0.717) is 11.9 Å². The zero-order chi connectivity index (χ0) is 16.4. The predicted molar refractivity (Wildman–Crippen MR) is 71.2 cm³/mol. The summed E-state index contributed by atoms with van der Waals surface area (Å²) in [4.78, 5) is 15.7. The Kier molecular flexibility index (Phi) is 3.71. The zero-order valence-corrected chi connectivity index (χ0v) is 11.2. The minimum absolute atomic E-state index is 0.141. The van der Waals surface area contributed by atoms with E-state index in [1.807, 2.05) is 0 Å². The van der Waals surface area contributed by atoms with Crippen molar-refractivity contribution >= 4 is 11.6 Å². The third kappa shape index (κ3) is 2.86. The Bertz CT molecular complexity index is 851. The molecule has 7 nitrogen and oxygen atoms in total. The van der Waals surface area contributed by atoms with Gasteiger partial charge in [-0.3, -0.25) is 4.79 Å². The molecule has 0 atom stereocenters. The van der Waals surface area contributed by atoms with E-state index >= 15 is 0 Å². The maximum absolute atomic E-state index is 13.5. The van der Waals surface area contributed by atoms with E-state index in [1.165, 1.54) is 29.5 Å². The van der Waals surface area contributed by atoms with Gasteiger partial charge in [0.2, 0.25) is 0 Å². The smallest absolute Gasteiger partial charge is 0.276 e. The van der Waals surface area contributed by atoms with Crippen LogP contribution < -0.4 is 5.32 Å². The maximum atomic E-state index is 13.5. The molecule has 0 radical (unpaired) electrons. The summed E-state index contributed by atoms with van der Waals surface area (Å²) in [5.74, 6) is -5.02. The topological polar surface area (TPSA) is 85.6 Å². The first-order valence-electron chi connectivity index (χ1n) is 6.20. The van der Waals surface area contributed by atoms with Crippen LogP contribution in [0.15, 0.2) is 36.9 Å². The van der Waals surface area contributed by atoms with E-state index in [4.69, 9.17) is 0 Å². The number of hydrogen-bond donors (Lipinski definition) is 1. The highest BCUT2D eigenvalue weighted by Gasteiger charge is 2.17. The van der Waals surface area contributed by atoms with E-state index in [1.54, 1.807) is 0 Å². The minimum Gasteiger partial charge on any atom is -0.318 e. The van der Waals surface area contributed by atoms with Crippen LogP contribution in [0, 0.1) is 17.5 Å². The Morgan fingerprint density at radius 3 is 2.52 bits per heavy atom. The first-order valence-corrected chi connectivity index (χ1v) is 6.20. The van der Waals surface area contributed by atoms with Crippen molar-refractivity contribution in [1.29, 1.82) is 0 Å². The van der Waals surface area contributed by atoms with Crippen LogP contribution >= 0.6 is 0 Å². The van der Waals surface area contributed by atoms with Crippen molar-refractivity contribution in [3.05, 3.63) is 60.1 Å². The van der Waals surface area contributed by atoms with Gasteiger partial charge in [-0.15, -0.1) is 10.2 Å². The van der Waals surface area contributed by atoms with Crippen LogP contribution in [-0.2, 0) is 0 Å². The number of anilines is 1. The summed E-state index contributed by atoms with van der Waals surface area (Å²) in [6.07, 6.45) is 2.69. The summed E-state index contributed by atoms with van der Waals surface area (Å²) in [6.45, 7) is 0. The van der Waals surface area contributed by atoms with E-state index in [-0.39, 0.29) is 5.69 Å². The molecule has 3 aromatic rings. The molecule has 0 bridgehead atoms. The van der Waals surface area contributed by atoms with Crippen molar-refractivity contribution in [1.82, 2.24) is 25.0 Å². The molecule has 0 saturated carbocycles. The summed E-state index contributed by atoms with van der Waals surface area (Å²) in [5.41, 5.74) is -0.644. The monoisotopic (exact) mass is 320 g/mol. The van der Waals surface area contributed by atoms with Gasteiger partial charge in [-0.1, -0.05) is 0 Å². The molecule has 1 aromatic carbocycles. The molecular formula is C13H7F3N6O. The number of hydrogen-bond acceptors (Lipinski definition) is 5. The Morgan fingerprint density at radius 2 is 1.87 bits per heavy atom. The van der Waals surface area contributed by atoms with Crippen LogP contribution in [0.3, 0.4) is 0 Å². The highest BCUT2D eigenvalue weighted by Crippen LogP contribution is 2.20. The molecule has 0 fully saturated rings. The fourth-order valence-electron chi connectivity index (χ4n) is 1.70. The summed E-state index contributed by atoms with van der Waals surface area (Å²) in [7, 11) is 0. The second kappa shape index (κ2) is 5.83. The van der Waals surface area contributed by atoms with Gasteiger partial charge in [0.1, 0.15) is 12.7 Å². The van der Waals surface area contributed by atoms with Crippen molar-refractivity contribution < 1.29 is 18.0 Å². The van der Waals surface area contributed by atoms with Crippen molar-refractivity contribution in [2.45, 2.75) is 0 Å². The molecule has 1 N–H and O–H groups in total. The van der Waals surface area contributed by atoms with E-state index in [0.717, 1.165) is 6.07 Å². The Balaban J connectivity index is 1.80. The molecule has 0 aliphatic carbocycles. The van der Waals surface area contributed by atoms with Crippen LogP contribution in [-0.4, -0.2) is 30.9 Å². The average Bonchev–Trinajstić information content (AvgIpc) is 3.10. The molecule has 1 amide bonds. The Labute approximate surface area is 126 Å². The molecule has 0 spiro atoms. The lowest BCUT2D eigenvalue weighted by atomic mass is 10.2. The number of rotatable bonds is 3. The van der Waals surface area contributed by atoms with E-state index in [9.17, 15) is 18.0 Å². The van der Waals surface area contributed by atoms with Gasteiger partial charge in [0.05, 0.1) is 5.69 Å². The number of amides is 1. The van der Waals surface area contributed by atoms with Crippen LogP contribution in [0.25, 0.3) is 5.82 Å². The first kappa shape index (κ1) is 14.6. The van der Waals surface area contributed by atoms with Crippen molar-refractivity contribution in [2.75, 3.05) is 5.32 Å². The second-order valence-corrected chi connectivity index (χ2v) is 4.29. The van der Waals surface area contributed by atoms with Crippen LogP contribution in [0.1, 0.15) is 10.5 Å². The third-order valence-electron chi connectivity index (χ3n) is 2.82. The zero-order valence-electron chi connectivity index (χ0n) is 11.2. The van der Waals surface area contributed by atoms with Crippen LogP contribution in [0.2, 0.25) is 0 Å². The minimum atomic E-state index is -1.67. The Morgan fingerprint density at radius 1 is 1.04 bits per heavy atom. The quantitative estimate of drug-likeness (QED) is 0.743. The second-order valence-electron chi connectivity index (χ2n) is 4.29. The molecule has 0 unspecified atom stereocenters. The number of carbonyl (C=O) groups excluding carboxylic acids is 1. The molecule has 3 rings (SSSR count). The van der Waals surface area contributed by atoms with Crippen LogP contribution in [0.4, 0.5) is 18.9 Å². The summed E-state index contributed by atoms with van der Waals surface area (Å²) in [5, 5.41) is 13.3. The molecule has 2 aromatic heterocycles. The number of halogens is 3. The van der Waals surface area contributed by atoms with Gasteiger partial charge < -0.3 is 5.32 Å². The molecular weight excluding hydrogens is 313 g/mol. The lowest BCUT2D eigenvalue weighted by Gasteiger charge is -2.07. The largest absolute Gasteiger partial charge is 0.318 e. The standard InChI is InChI=1S/C13H7F3N6O/c14-7-1-2-8(12(16)11(7)15)19-13(23)9-3-4-10(21-20-9)22-6-17-5-18-22/h1-6H,(H,19,23). The average molecular weight is 320 g/mol.